The molecule has 0 saturated heterocycles. The SMILES string of the molecule is Cc1ccc(C#N)cc1NC1CCc2cccnc21. The highest BCUT2D eigenvalue weighted by molar-refractivity contribution is 5.56. The number of anilines is 1. The number of rotatable bonds is 2. The van der Waals surface area contributed by atoms with E-state index >= 15 is 0 Å². The summed E-state index contributed by atoms with van der Waals surface area (Å²) in [5.41, 5.74) is 5.34. The molecule has 1 heterocycles. The first kappa shape index (κ1) is 11.7. The molecule has 1 aromatic carbocycles. The van der Waals surface area contributed by atoms with Crippen LogP contribution in [0.2, 0.25) is 0 Å². The molecule has 1 N–H and O–H groups in total. The van der Waals surface area contributed by atoms with Gasteiger partial charge in [0.25, 0.3) is 0 Å². The molecule has 19 heavy (non-hydrogen) atoms. The van der Waals surface area contributed by atoms with Gasteiger partial charge >= 0.3 is 0 Å². The Balaban J connectivity index is 1.89. The molecule has 1 unspecified atom stereocenters. The second kappa shape index (κ2) is 4.74. The van der Waals surface area contributed by atoms with Gasteiger partial charge in [0, 0.05) is 11.9 Å². The molecule has 94 valence electrons. The Hall–Kier alpha value is -2.34. The van der Waals surface area contributed by atoms with Crippen molar-refractivity contribution in [2.75, 3.05) is 5.32 Å². The van der Waals surface area contributed by atoms with Crippen molar-refractivity contribution in [3.05, 3.63) is 58.9 Å². The van der Waals surface area contributed by atoms with Crippen LogP contribution in [0.1, 0.15) is 34.8 Å². The van der Waals surface area contributed by atoms with Gasteiger partial charge in [-0.15, -0.1) is 0 Å². The van der Waals surface area contributed by atoms with Crippen LogP contribution in [0.4, 0.5) is 5.69 Å². The second-order valence-electron chi connectivity index (χ2n) is 4.92. The summed E-state index contributed by atoms with van der Waals surface area (Å²) >= 11 is 0. The molecule has 1 atom stereocenters. The summed E-state index contributed by atoms with van der Waals surface area (Å²) in [5, 5.41) is 12.5. The van der Waals surface area contributed by atoms with Gasteiger partial charge in [0.1, 0.15) is 0 Å². The fourth-order valence-corrected chi connectivity index (χ4v) is 2.59. The standard InChI is InChI=1S/C16H15N3/c1-11-4-5-12(10-17)9-15(11)19-14-7-6-13-3-2-8-18-16(13)14/h2-5,8-9,14,19H,6-7H2,1H3. The van der Waals surface area contributed by atoms with Crippen molar-refractivity contribution in [1.82, 2.24) is 4.98 Å². The number of fused-ring (bicyclic) bond motifs is 1. The maximum absolute atomic E-state index is 8.98. The fourth-order valence-electron chi connectivity index (χ4n) is 2.59. The quantitative estimate of drug-likeness (QED) is 0.887. The van der Waals surface area contributed by atoms with Crippen LogP contribution in [0.15, 0.2) is 36.5 Å². The van der Waals surface area contributed by atoms with Gasteiger partial charge in [-0.1, -0.05) is 12.1 Å². The number of pyridine rings is 1. The van der Waals surface area contributed by atoms with Crippen molar-refractivity contribution < 1.29 is 0 Å². The molecule has 2 aromatic rings. The molecule has 0 amide bonds. The summed E-state index contributed by atoms with van der Waals surface area (Å²) in [7, 11) is 0. The van der Waals surface area contributed by atoms with Crippen molar-refractivity contribution in [2.45, 2.75) is 25.8 Å². The van der Waals surface area contributed by atoms with Crippen LogP contribution in [-0.4, -0.2) is 4.98 Å². The predicted octanol–water partition coefficient (Wildman–Crippen LogP) is 3.36. The van der Waals surface area contributed by atoms with E-state index in [0.717, 1.165) is 29.8 Å². The lowest BCUT2D eigenvalue weighted by Crippen LogP contribution is -2.09. The number of nitrogens with zero attached hydrogens (tertiary/aromatic N) is 2. The highest BCUT2D eigenvalue weighted by atomic mass is 15.0. The molecule has 1 aliphatic rings. The van der Waals surface area contributed by atoms with Gasteiger partial charge in [0.05, 0.1) is 23.4 Å². The number of nitriles is 1. The van der Waals surface area contributed by atoms with Crippen molar-refractivity contribution in [2.24, 2.45) is 0 Å². The van der Waals surface area contributed by atoms with E-state index in [-0.39, 0.29) is 6.04 Å². The molecule has 0 spiro atoms. The molecule has 0 aliphatic heterocycles. The third kappa shape index (κ3) is 2.17. The molecule has 0 radical (unpaired) electrons. The number of benzene rings is 1. The summed E-state index contributed by atoms with van der Waals surface area (Å²) < 4.78 is 0. The molecule has 0 bridgehead atoms. The number of hydrogen-bond donors (Lipinski definition) is 1. The Morgan fingerprint density at radius 1 is 1.37 bits per heavy atom. The first-order chi connectivity index (χ1) is 9.28. The molecule has 3 heteroatoms. The van der Waals surface area contributed by atoms with E-state index < -0.39 is 0 Å². The Bertz CT molecular complexity index is 655. The van der Waals surface area contributed by atoms with E-state index in [1.165, 1.54) is 5.56 Å². The zero-order chi connectivity index (χ0) is 13.2. The van der Waals surface area contributed by atoms with E-state index in [2.05, 4.69) is 29.4 Å². The van der Waals surface area contributed by atoms with Crippen LogP contribution in [0.5, 0.6) is 0 Å². The smallest absolute Gasteiger partial charge is 0.0992 e. The highest BCUT2D eigenvalue weighted by Gasteiger charge is 2.23. The number of aromatic nitrogens is 1. The van der Waals surface area contributed by atoms with E-state index in [1.54, 1.807) is 0 Å². The van der Waals surface area contributed by atoms with Crippen LogP contribution in [-0.2, 0) is 6.42 Å². The lowest BCUT2D eigenvalue weighted by molar-refractivity contribution is 0.745. The van der Waals surface area contributed by atoms with E-state index in [0.29, 0.717) is 5.56 Å². The molecule has 3 nitrogen and oxygen atoms in total. The minimum absolute atomic E-state index is 0.254. The Morgan fingerprint density at radius 2 is 2.26 bits per heavy atom. The molecule has 1 aromatic heterocycles. The predicted molar refractivity (Wildman–Crippen MR) is 74.8 cm³/mol. The normalized spacial score (nSPS) is 16.7. The van der Waals surface area contributed by atoms with Gasteiger partial charge in [-0.3, -0.25) is 4.98 Å². The van der Waals surface area contributed by atoms with Gasteiger partial charge in [-0.05, 0) is 49.1 Å². The number of nitrogens with one attached hydrogen (secondary N) is 1. The summed E-state index contributed by atoms with van der Waals surface area (Å²) in [6, 6.07) is 12.3. The zero-order valence-corrected chi connectivity index (χ0v) is 10.9. The van der Waals surface area contributed by atoms with Crippen LogP contribution >= 0.6 is 0 Å². The van der Waals surface area contributed by atoms with Crippen LogP contribution in [0, 0.1) is 18.3 Å². The lowest BCUT2D eigenvalue weighted by atomic mass is 10.1. The molecule has 1 aliphatic carbocycles. The highest BCUT2D eigenvalue weighted by Crippen LogP contribution is 2.33. The first-order valence-corrected chi connectivity index (χ1v) is 6.49. The first-order valence-electron chi connectivity index (χ1n) is 6.49. The molecule has 3 rings (SSSR count). The average molecular weight is 249 g/mol. The molecular weight excluding hydrogens is 234 g/mol. The van der Waals surface area contributed by atoms with Crippen molar-refractivity contribution >= 4 is 5.69 Å². The maximum atomic E-state index is 8.98. The van der Waals surface area contributed by atoms with Crippen molar-refractivity contribution in [3.8, 4) is 6.07 Å². The summed E-state index contributed by atoms with van der Waals surface area (Å²) in [6.07, 6.45) is 3.97. The van der Waals surface area contributed by atoms with Crippen LogP contribution in [0.25, 0.3) is 0 Å². The lowest BCUT2D eigenvalue weighted by Gasteiger charge is -2.16. The zero-order valence-electron chi connectivity index (χ0n) is 10.9. The number of aryl methyl sites for hydroxylation is 2. The number of hydrogen-bond acceptors (Lipinski definition) is 3. The van der Waals surface area contributed by atoms with Gasteiger partial charge in [-0.25, -0.2) is 0 Å². The largest absolute Gasteiger partial charge is 0.376 e. The Labute approximate surface area is 112 Å². The molecular formula is C16H15N3. The minimum atomic E-state index is 0.254. The van der Waals surface area contributed by atoms with Gasteiger partial charge in [0.15, 0.2) is 0 Å². The van der Waals surface area contributed by atoms with E-state index in [4.69, 9.17) is 5.26 Å². The third-order valence-electron chi connectivity index (χ3n) is 3.65. The third-order valence-corrected chi connectivity index (χ3v) is 3.65. The van der Waals surface area contributed by atoms with E-state index in [9.17, 15) is 0 Å². The van der Waals surface area contributed by atoms with Crippen molar-refractivity contribution in [1.29, 1.82) is 5.26 Å². The maximum Gasteiger partial charge on any atom is 0.0992 e. The Morgan fingerprint density at radius 3 is 3.11 bits per heavy atom. The van der Waals surface area contributed by atoms with E-state index in [1.807, 2.05) is 30.5 Å². The molecule has 0 saturated carbocycles. The Kier molecular flexibility index (Phi) is 2.92. The summed E-state index contributed by atoms with van der Waals surface area (Å²) in [4.78, 5) is 4.48. The van der Waals surface area contributed by atoms with Gasteiger partial charge in [0.2, 0.25) is 0 Å². The average Bonchev–Trinajstić information content (AvgIpc) is 2.85. The fraction of sp³-hybridized carbons (Fsp3) is 0.250. The van der Waals surface area contributed by atoms with Gasteiger partial charge in [-0.2, -0.15) is 5.26 Å². The summed E-state index contributed by atoms with van der Waals surface area (Å²) in [5.74, 6) is 0. The summed E-state index contributed by atoms with van der Waals surface area (Å²) in [6.45, 7) is 2.05. The molecule has 0 fully saturated rings. The minimum Gasteiger partial charge on any atom is -0.376 e. The monoisotopic (exact) mass is 249 g/mol. The second-order valence-corrected chi connectivity index (χ2v) is 4.92. The topological polar surface area (TPSA) is 48.7 Å². The van der Waals surface area contributed by atoms with Crippen molar-refractivity contribution in [3.63, 3.8) is 0 Å². The van der Waals surface area contributed by atoms with Gasteiger partial charge < -0.3 is 5.32 Å². The van der Waals surface area contributed by atoms with Crippen LogP contribution < -0.4 is 5.32 Å². The van der Waals surface area contributed by atoms with Crippen LogP contribution in [0.3, 0.4) is 0 Å².